The quantitative estimate of drug-likeness (QED) is 0.259. The van der Waals surface area contributed by atoms with Gasteiger partial charge in [-0.2, -0.15) is 0 Å². The molecule has 0 bridgehead atoms. The molecule has 2 aromatic carbocycles. The van der Waals surface area contributed by atoms with E-state index in [1.807, 2.05) is 13.8 Å². The summed E-state index contributed by atoms with van der Waals surface area (Å²) in [5.74, 6) is 0.147. The Labute approximate surface area is 219 Å². The zero-order valence-corrected chi connectivity index (χ0v) is 23.1. The van der Waals surface area contributed by atoms with Gasteiger partial charge in [-0.3, -0.25) is 19.6 Å². The Morgan fingerprint density at radius 2 is 0.933 bits per heavy atom. The molecule has 0 atom stereocenters. The second-order valence-corrected chi connectivity index (χ2v) is 8.20. The Balaban J connectivity index is 0.00000420. The van der Waals surface area contributed by atoms with Gasteiger partial charge in [0.2, 0.25) is 0 Å². The van der Waals surface area contributed by atoms with Crippen LogP contribution in [0.25, 0.3) is 11.1 Å². The van der Waals surface area contributed by atoms with E-state index in [1.54, 1.807) is 24.3 Å². The van der Waals surface area contributed by atoms with Crippen molar-refractivity contribution in [3.8, 4) is 11.5 Å². The van der Waals surface area contributed by atoms with E-state index in [0.29, 0.717) is 12.8 Å². The number of rotatable bonds is 8. The van der Waals surface area contributed by atoms with Crippen LogP contribution in [0.5, 0.6) is 11.5 Å². The second-order valence-electron chi connectivity index (χ2n) is 5.88. The van der Waals surface area contributed by atoms with Gasteiger partial charge in [-0.1, -0.05) is 38.1 Å². The van der Waals surface area contributed by atoms with Crippen LogP contribution in [0.2, 0.25) is 0 Å². The predicted octanol–water partition coefficient (Wildman–Crippen LogP) is 3.60. The number of benzene rings is 2. The Morgan fingerprint density at radius 1 is 0.667 bits per heavy atom. The third-order valence-corrected chi connectivity index (χ3v) is 4.82. The molecule has 154 valence electrons. The van der Waals surface area contributed by atoms with Crippen molar-refractivity contribution in [3.63, 3.8) is 0 Å². The van der Waals surface area contributed by atoms with Crippen molar-refractivity contribution in [1.82, 2.24) is 0 Å². The normalized spacial score (nSPS) is 12.2. The van der Waals surface area contributed by atoms with Crippen molar-refractivity contribution in [1.29, 1.82) is 0 Å². The van der Waals surface area contributed by atoms with Gasteiger partial charge >= 0.3 is 15.6 Å². The van der Waals surface area contributed by atoms with Crippen LogP contribution >= 0.6 is 15.6 Å². The van der Waals surface area contributed by atoms with E-state index in [-0.39, 0.29) is 70.6 Å². The average Bonchev–Trinajstić information content (AvgIpc) is 2.59. The second kappa shape index (κ2) is 12.9. The molecule has 0 unspecified atom stereocenters. The van der Waals surface area contributed by atoms with Gasteiger partial charge < -0.3 is 9.05 Å². The van der Waals surface area contributed by atoms with E-state index < -0.39 is 15.6 Å². The number of phosphoric ester groups is 2. The van der Waals surface area contributed by atoms with Crippen LogP contribution in [-0.4, -0.2) is 78.7 Å². The van der Waals surface area contributed by atoms with E-state index in [4.69, 9.17) is 19.6 Å². The minimum Gasteiger partial charge on any atom is -0.404 e. The van der Waals surface area contributed by atoms with E-state index in [0.717, 1.165) is 22.3 Å². The molecule has 8 nitrogen and oxygen atoms in total. The zero-order chi connectivity index (χ0) is 20.9. The number of allylic oxidation sites excluding steroid dienone is 2. The molecule has 12 heteroatoms. The molecule has 4 N–H and O–H groups in total. The molecule has 0 saturated heterocycles. The monoisotopic (exact) mass is 474 g/mol. The molecule has 0 amide bonds. The van der Waals surface area contributed by atoms with Crippen molar-refractivity contribution in [2.24, 2.45) is 0 Å². The first-order valence-electron chi connectivity index (χ1n) is 8.45. The molecule has 2 rings (SSSR count). The van der Waals surface area contributed by atoms with Crippen molar-refractivity contribution >= 4 is 85.9 Å². The first-order valence-corrected chi connectivity index (χ1v) is 11.5. The van der Waals surface area contributed by atoms with Crippen LogP contribution in [0.4, 0.5) is 0 Å². The average molecular weight is 474 g/mol. The Kier molecular flexibility index (Phi) is 13.0. The first kappa shape index (κ1) is 30.1. The molecule has 30 heavy (non-hydrogen) atoms. The third-order valence-electron chi connectivity index (χ3n) is 3.93. The molecule has 0 heterocycles. The fourth-order valence-corrected chi connectivity index (χ4v) is 3.68. The summed E-state index contributed by atoms with van der Waals surface area (Å²) in [7, 11) is -9.21. The van der Waals surface area contributed by atoms with Crippen LogP contribution in [-0.2, 0) is 9.13 Å². The minimum atomic E-state index is -4.61. The first-order chi connectivity index (χ1) is 13.0. The topological polar surface area (TPSA) is 134 Å². The molecule has 0 aliphatic heterocycles. The summed E-state index contributed by atoms with van der Waals surface area (Å²) >= 11 is 0. The number of hydrogen-bond acceptors (Lipinski definition) is 4. The molecule has 2 aromatic rings. The molecule has 0 spiro atoms. The molecule has 0 aliphatic rings. The Morgan fingerprint density at radius 3 is 1.13 bits per heavy atom. The summed E-state index contributed by atoms with van der Waals surface area (Å²) in [6.07, 6.45) is 1.42. The molecule has 0 saturated carbocycles. The van der Waals surface area contributed by atoms with Crippen molar-refractivity contribution in [2.75, 3.05) is 0 Å². The standard InChI is InChI=1S/C18H22O8P2.2Na/c1-3-17(13-5-9-15(10-6-13)25-27(19,20)21)18(4-2)14-7-11-16(12-8-14)26-28(22,23)24;;/h5-12H,3-4H2,1-2H3,(H2,19,20,21)(H2,22,23,24);;/b18-17+;;. The van der Waals surface area contributed by atoms with Gasteiger partial charge in [0.05, 0.1) is 0 Å². The molecular weight excluding hydrogens is 452 g/mol. The van der Waals surface area contributed by atoms with E-state index >= 15 is 0 Å². The van der Waals surface area contributed by atoms with Crippen LogP contribution in [0, 0.1) is 0 Å². The minimum absolute atomic E-state index is 0. The van der Waals surface area contributed by atoms with E-state index in [9.17, 15) is 9.13 Å². The zero-order valence-electron chi connectivity index (χ0n) is 17.3. The van der Waals surface area contributed by atoms with E-state index in [1.165, 1.54) is 24.3 Å². The molecule has 0 aliphatic carbocycles. The Hall–Kier alpha value is 0.0800. The summed E-state index contributed by atoms with van der Waals surface area (Å²) in [6, 6.07) is 12.9. The summed E-state index contributed by atoms with van der Waals surface area (Å²) < 4.78 is 31.0. The smallest absolute Gasteiger partial charge is 0.404 e. The largest absolute Gasteiger partial charge is 0.524 e. The van der Waals surface area contributed by atoms with Gasteiger partial charge in [0.25, 0.3) is 0 Å². The maximum Gasteiger partial charge on any atom is 0.524 e. The summed E-state index contributed by atoms with van der Waals surface area (Å²) in [5.41, 5.74) is 3.84. The molecule has 0 fully saturated rings. The van der Waals surface area contributed by atoms with E-state index in [2.05, 4.69) is 9.05 Å². The summed E-state index contributed by atoms with van der Waals surface area (Å²) in [6.45, 7) is 3.99. The third kappa shape index (κ3) is 9.70. The van der Waals surface area contributed by atoms with Gasteiger partial charge in [-0.25, -0.2) is 9.13 Å². The summed E-state index contributed by atoms with van der Waals surface area (Å²) in [5, 5.41) is 0. The van der Waals surface area contributed by atoms with Crippen LogP contribution in [0.3, 0.4) is 0 Å². The predicted molar refractivity (Wildman–Crippen MR) is 117 cm³/mol. The fourth-order valence-electron chi connectivity index (χ4n) is 2.89. The molecule has 2 radical (unpaired) electrons. The summed E-state index contributed by atoms with van der Waals surface area (Å²) in [4.78, 5) is 35.5. The van der Waals surface area contributed by atoms with Crippen LogP contribution in [0.1, 0.15) is 37.8 Å². The van der Waals surface area contributed by atoms with Crippen LogP contribution < -0.4 is 9.05 Å². The van der Waals surface area contributed by atoms with Crippen molar-refractivity contribution in [3.05, 3.63) is 59.7 Å². The maximum absolute atomic E-state index is 10.9. The van der Waals surface area contributed by atoms with Gasteiger partial charge in [-0.15, -0.1) is 0 Å². The van der Waals surface area contributed by atoms with Gasteiger partial charge in [0, 0.05) is 59.1 Å². The molecular formula is C18H22Na2O8P2. The van der Waals surface area contributed by atoms with Gasteiger partial charge in [0.1, 0.15) is 11.5 Å². The SMILES string of the molecule is CC/C(=C(/CC)c1ccc(OP(=O)(O)O)cc1)c1ccc(OP(=O)(O)O)cc1.[Na].[Na]. The Bertz CT molecular complexity index is 856. The fraction of sp³-hybridized carbons (Fsp3) is 0.222. The van der Waals surface area contributed by atoms with Gasteiger partial charge in [0.15, 0.2) is 0 Å². The van der Waals surface area contributed by atoms with Gasteiger partial charge in [-0.05, 0) is 59.4 Å². The molecule has 0 aromatic heterocycles. The van der Waals surface area contributed by atoms with Crippen molar-refractivity contribution < 1.29 is 37.8 Å². The number of phosphoric acid groups is 2. The maximum atomic E-state index is 10.9. The number of hydrogen-bond donors (Lipinski definition) is 4. The van der Waals surface area contributed by atoms with Crippen molar-refractivity contribution in [2.45, 2.75) is 26.7 Å². The van der Waals surface area contributed by atoms with Crippen LogP contribution in [0.15, 0.2) is 48.5 Å².